The fraction of sp³-hybridized carbons (Fsp3) is 0.800. The van der Waals surface area contributed by atoms with E-state index in [0.29, 0.717) is 28.4 Å². The summed E-state index contributed by atoms with van der Waals surface area (Å²) >= 11 is 0. The van der Waals surface area contributed by atoms with Crippen molar-refractivity contribution in [2.75, 3.05) is 0 Å². The molecule has 3 atom stereocenters. The lowest BCUT2D eigenvalue weighted by molar-refractivity contribution is -0.123. The van der Waals surface area contributed by atoms with E-state index < -0.39 is 0 Å². The van der Waals surface area contributed by atoms with Gasteiger partial charge in [-0.1, -0.05) is 26.3 Å². The molecule has 3 rings (SSSR count). The summed E-state index contributed by atoms with van der Waals surface area (Å²) in [7, 11) is 0. The molecule has 3 aliphatic carbocycles. The average Bonchev–Trinajstić information content (AvgIpc) is 2.49. The first-order valence-electron chi connectivity index (χ1n) is 6.60. The minimum Gasteiger partial charge on any atom is -0.294 e. The summed E-state index contributed by atoms with van der Waals surface area (Å²) in [6.07, 6.45) is 4.84. The number of ketones is 1. The van der Waals surface area contributed by atoms with Crippen LogP contribution in [0.4, 0.5) is 0 Å². The fourth-order valence-electron chi connectivity index (χ4n) is 4.60. The molecule has 0 unspecified atom stereocenters. The van der Waals surface area contributed by atoms with Gasteiger partial charge in [-0.05, 0) is 54.9 Å². The number of allylic oxidation sites excluding steroid dienone is 2. The standard InChI is InChI=1S/C15H22O/c1-9-11-5-6-15(11,4)12-8-14(2,3)7-10(12)13(9)16/h10,12H,5-8H2,1-4H3/t10-,12+,15-/m1/s1. The van der Waals surface area contributed by atoms with E-state index in [4.69, 9.17) is 0 Å². The molecule has 0 aliphatic heterocycles. The normalized spacial score (nSPS) is 45.1. The number of carbonyl (C=O) groups is 1. The maximum Gasteiger partial charge on any atom is 0.161 e. The molecule has 2 fully saturated rings. The van der Waals surface area contributed by atoms with Crippen LogP contribution in [0.1, 0.15) is 53.4 Å². The molecule has 0 saturated heterocycles. The summed E-state index contributed by atoms with van der Waals surface area (Å²) in [6, 6.07) is 0. The Hall–Kier alpha value is -0.590. The molecule has 88 valence electrons. The smallest absolute Gasteiger partial charge is 0.161 e. The summed E-state index contributed by atoms with van der Waals surface area (Å²) in [6.45, 7) is 9.13. The Morgan fingerprint density at radius 2 is 1.88 bits per heavy atom. The van der Waals surface area contributed by atoms with Crippen LogP contribution in [0, 0.1) is 22.7 Å². The minimum atomic E-state index is 0.337. The summed E-state index contributed by atoms with van der Waals surface area (Å²) in [5.74, 6) is 1.45. The first-order valence-corrected chi connectivity index (χ1v) is 6.60. The Labute approximate surface area is 98.3 Å². The predicted octanol–water partition coefficient (Wildman–Crippen LogP) is 3.74. The van der Waals surface area contributed by atoms with Gasteiger partial charge in [0.05, 0.1) is 0 Å². The van der Waals surface area contributed by atoms with Crippen LogP contribution >= 0.6 is 0 Å². The van der Waals surface area contributed by atoms with Crippen molar-refractivity contribution >= 4 is 5.78 Å². The molecule has 0 amide bonds. The third kappa shape index (κ3) is 1.10. The average molecular weight is 218 g/mol. The van der Waals surface area contributed by atoms with Gasteiger partial charge in [0.15, 0.2) is 5.78 Å². The fourth-order valence-corrected chi connectivity index (χ4v) is 4.60. The first-order chi connectivity index (χ1) is 7.35. The monoisotopic (exact) mass is 218 g/mol. The van der Waals surface area contributed by atoms with Crippen molar-refractivity contribution in [1.82, 2.24) is 0 Å². The topological polar surface area (TPSA) is 17.1 Å². The number of hydrogen-bond acceptors (Lipinski definition) is 1. The van der Waals surface area contributed by atoms with Crippen LogP contribution in [0.25, 0.3) is 0 Å². The Bertz CT molecular complexity index is 402. The van der Waals surface area contributed by atoms with Crippen molar-refractivity contribution in [1.29, 1.82) is 0 Å². The van der Waals surface area contributed by atoms with Crippen LogP contribution in [0.2, 0.25) is 0 Å². The van der Waals surface area contributed by atoms with E-state index in [0.717, 1.165) is 12.0 Å². The Kier molecular flexibility index (Phi) is 1.85. The van der Waals surface area contributed by atoms with E-state index in [1.54, 1.807) is 0 Å². The van der Waals surface area contributed by atoms with Crippen LogP contribution in [0.5, 0.6) is 0 Å². The lowest BCUT2D eigenvalue weighted by Gasteiger charge is -2.52. The van der Waals surface area contributed by atoms with E-state index >= 15 is 0 Å². The summed E-state index contributed by atoms with van der Waals surface area (Å²) in [4.78, 5) is 12.4. The van der Waals surface area contributed by atoms with Crippen molar-refractivity contribution in [3.05, 3.63) is 11.1 Å². The van der Waals surface area contributed by atoms with Crippen molar-refractivity contribution in [2.45, 2.75) is 53.4 Å². The molecule has 0 aromatic rings. The quantitative estimate of drug-likeness (QED) is 0.605. The van der Waals surface area contributed by atoms with Crippen molar-refractivity contribution < 1.29 is 4.79 Å². The van der Waals surface area contributed by atoms with E-state index in [9.17, 15) is 4.79 Å². The summed E-state index contributed by atoms with van der Waals surface area (Å²) in [5, 5.41) is 0. The van der Waals surface area contributed by atoms with Gasteiger partial charge in [0.1, 0.15) is 0 Å². The van der Waals surface area contributed by atoms with E-state index in [1.807, 2.05) is 0 Å². The number of rotatable bonds is 0. The molecule has 0 radical (unpaired) electrons. The highest BCUT2D eigenvalue weighted by Crippen LogP contribution is 2.65. The van der Waals surface area contributed by atoms with Crippen molar-refractivity contribution in [3.8, 4) is 0 Å². The molecule has 2 saturated carbocycles. The maximum absolute atomic E-state index is 12.4. The van der Waals surface area contributed by atoms with Crippen LogP contribution in [-0.4, -0.2) is 5.78 Å². The SMILES string of the molecule is CC1=C2CC[C@@]2(C)[C@H]2CC(C)(C)C[C@H]2C1=O. The zero-order valence-corrected chi connectivity index (χ0v) is 10.9. The van der Waals surface area contributed by atoms with Crippen LogP contribution < -0.4 is 0 Å². The van der Waals surface area contributed by atoms with E-state index in [1.165, 1.54) is 24.8 Å². The second-order valence-electron chi connectivity index (χ2n) is 7.17. The largest absolute Gasteiger partial charge is 0.294 e. The molecule has 1 nitrogen and oxygen atoms in total. The summed E-state index contributed by atoms with van der Waals surface area (Å²) < 4.78 is 0. The highest BCUT2D eigenvalue weighted by atomic mass is 16.1. The van der Waals surface area contributed by atoms with Gasteiger partial charge in [-0.3, -0.25) is 4.79 Å². The Morgan fingerprint density at radius 3 is 2.44 bits per heavy atom. The zero-order chi connectivity index (χ0) is 11.7. The number of carbonyl (C=O) groups excluding carboxylic acids is 1. The van der Waals surface area contributed by atoms with Gasteiger partial charge < -0.3 is 0 Å². The second-order valence-corrected chi connectivity index (χ2v) is 7.17. The molecule has 0 spiro atoms. The number of fused-ring (bicyclic) bond motifs is 3. The maximum atomic E-state index is 12.4. The third-order valence-corrected chi connectivity index (χ3v) is 5.59. The van der Waals surface area contributed by atoms with Gasteiger partial charge in [-0.15, -0.1) is 0 Å². The van der Waals surface area contributed by atoms with Crippen molar-refractivity contribution in [2.24, 2.45) is 22.7 Å². The van der Waals surface area contributed by atoms with E-state index in [-0.39, 0.29) is 0 Å². The van der Waals surface area contributed by atoms with Crippen molar-refractivity contribution in [3.63, 3.8) is 0 Å². The Morgan fingerprint density at radius 1 is 1.19 bits per heavy atom. The molecule has 1 heteroatoms. The lowest BCUT2D eigenvalue weighted by atomic mass is 9.51. The molecule has 0 heterocycles. The highest BCUT2D eigenvalue weighted by Gasteiger charge is 2.58. The molecule has 0 aromatic heterocycles. The molecule has 0 N–H and O–H groups in total. The zero-order valence-electron chi connectivity index (χ0n) is 10.9. The highest BCUT2D eigenvalue weighted by molar-refractivity contribution is 5.99. The first kappa shape index (κ1) is 10.6. The summed E-state index contributed by atoms with van der Waals surface area (Å²) in [5.41, 5.74) is 3.37. The molecular formula is C15H22O. The minimum absolute atomic E-state index is 0.337. The molecule has 3 aliphatic rings. The van der Waals surface area contributed by atoms with Gasteiger partial charge in [-0.2, -0.15) is 0 Å². The Balaban J connectivity index is 2.07. The van der Waals surface area contributed by atoms with Gasteiger partial charge in [0, 0.05) is 5.92 Å². The van der Waals surface area contributed by atoms with Gasteiger partial charge >= 0.3 is 0 Å². The molecule has 0 aromatic carbocycles. The number of Topliss-reactive ketones (excluding diaryl/α,β-unsaturated/α-hetero) is 1. The third-order valence-electron chi connectivity index (χ3n) is 5.59. The predicted molar refractivity (Wildman–Crippen MR) is 65.0 cm³/mol. The van der Waals surface area contributed by atoms with E-state index in [2.05, 4.69) is 27.7 Å². The van der Waals surface area contributed by atoms with Gasteiger partial charge in [0.2, 0.25) is 0 Å². The van der Waals surface area contributed by atoms with Crippen LogP contribution in [-0.2, 0) is 4.79 Å². The number of hydrogen-bond donors (Lipinski definition) is 0. The van der Waals surface area contributed by atoms with Gasteiger partial charge in [-0.25, -0.2) is 0 Å². The van der Waals surface area contributed by atoms with Gasteiger partial charge in [0.25, 0.3) is 0 Å². The molecule has 16 heavy (non-hydrogen) atoms. The van der Waals surface area contributed by atoms with Crippen LogP contribution in [0.15, 0.2) is 11.1 Å². The lowest BCUT2D eigenvalue weighted by Crippen LogP contribution is -2.46. The van der Waals surface area contributed by atoms with Crippen LogP contribution in [0.3, 0.4) is 0 Å². The molecular weight excluding hydrogens is 196 g/mol. The second kappa shape index (κ2) is 2.80. The molecule has 0 bridgehead atoms.